The highest BCUT2D eigenvalue weighted by molar-refractivity contribution is 5.91. The highest BCUT2D eigenvalue weighted by Gasteiger charge is 2.45. The quantitative estimate of drug-likeness (QED) is 0.851. The van der Waals surface area contributed by atoms with Gasteiger partial charge in [0, 0.05) is 13.5 Å². The minimum absolute atomic E-state index is 0.00448. The summed E-state index contributed by atoms with van der Waals surface area (Å²) in [6.45, 7) is 6.88. The van der Waals surface area contributed by atoms with Crippen LogP contribution in [0.2, 0.25) is 0 Å². The third kappa shape index (κ3) is 3.84. The van der Waals surface area contributed by atoms with Crippen molar-refractivity contribution in [1.29, 1.82) is 0 Å². The number of morpholine rings is 1. The molecule has 1 saturated heterocycles. The highest BCUT2D eigenvalue weighted by atomic mass is 16.5. The first kappa shape index (κ1) is 17.8. The van der Waals surface area contributed by atoms with Crippen molar-refractivity contribution < 1.29 is 14.3 Å². The van der Waals surface area contributed by atoms with E-state index in [1.165, 1.54) is 6.92 Å². The predicted molar refractivity (Wildman–Crippen MR) is 90.6 cm³/mol. The second-order valence-corrected chi connectivity index (χ2v) is 7.34. The summed E-state index contributed by atoms with van der Waals surface area (Å²) in [5, 5.41) is 9.93. The van der Waals surface area contributed by atoms with Gasteiger partial charge in [-0.3, -0.25) is 14.7 Å². The molecular formula is C17H27N5O3. The topological polar surface area (TPSA) is 100 Å². The lowest BCUT2D eigenvalue weighted by molar-refractivity contribution is -0.150. The van der Waals surface area contributed by atoms with Gasteiger partial charge >= 0.3 is 0 Å². The zero-order valence-corrected chi connectivity index (χ0v) is 15.2. The maximum atomic E-state index is 13.3. The molecule has 1 unspecified atom stereocenters. The third-order valence-electron chi connectivity index (χ3n) is 5.21. The van der Waals surface area contributed by atoms with Crippen LogP contribution in [0.3, 0.4) is 0 Å². The van der Waals surface area contributed by atoms with Crippen LogP contribution >= 0.6 is 0 Å². The number of hydrogen-bond acceptors (Lipinski definition) is 5. The number of H-pyrrole nitrogens is 1. The molecule has 3 rings (SSSR count). The van der Waals surface area contributed by atoms with Gasteiger partial charge in [-0.1, -0.05) is 6.92 Å². The molecule has 2 N–H and O–H groups in total. The molecule has 25 heavy (non-hydrogen) atoms. The number of aromatic nitrogens is 3. The van der Waals surface area contributed by atoms with Crippen molar-refractivity contribution in [3.63, 3.8) is 0 Å². The van der Waals surface area contributed by atoms with Gasteiger partial charge in [0.1, 0.15) is 17.5 Å². The van der Waals surface area contributed by atoms with Crippen molar-refractivity contribution in [3.8, 4) is 0 Å². The Morgan fingerprint density at radius 3 is 2.68 bits per heavy atom. The average Bonchev–Trinajstić information content (AvgIpc) is 3.03. The summed E-state index contributed by atoms with van der Waals surface area (Å²) in [7, 11) is 0. The van der Waals surface area contributed by atoms with Crippen molar-refractivity contribution >= 4 is 11.8 Å². The molecule has 0 radical (unpaired) electrons. The summed E-state index contributed by atoms with van der Waals surface area (Å²) in [4.78, 5) is 31.2. The number of aryl methyl sites for hydroxylation is 1. The summed E-state index contributed by atoms with van der Waals surface area (Å²) in [5.74, 6) is 1.72. The largest absolute Gasteiger partial charge is 0.366 e. The van der Waals surface area contributed by atoms with E-state index >= 15 is 0 Å². The molecule has 1 aromatic heterocycles. The van der Waals surface area contributed by atoms with E-state index in [1.54, 1.807) is 4.90 Å². The number of hydrogen-bond donors (Lipinski definition) is 2. The molecule has 1 aliphatic heterocycles. The van der Waals surface area contributed by atoms with E-state index in [0.717, 1.165) is 18.7 Å². The average molecular weight is 349 g/mol. The summed E-state index contributed by atoms with van der Waals surface area (Å²) >= 11 is 0. The smallest absolute Gasteiger partial charge is 0.248 e. The second kappa shape index (κ2) is 7.11. The molecule has 2 amide bonds. The lowest BCUT2D eigenvalue weighted by Crippen LogP contribution is -2.62. The van der Waals surface area contributed by atoms with Gasteiger partial charge in [0.05, 0.1) is 13.2 Å². The van der Waals surface area contributed by atoms with Crippen molar-refractivity contribution in [2.75, 3.05) is 19.7 Å². The molecule has 0 bridgehead atoms. The molecule has 8 nitrogen and oxygen atoms in total. The Balaban J connectivity index is 1.75. The molecule has 2 fully saturated rings. The maximum absolute atomic E-state index is 13.3. The van der Waals surface area contributed by atoms with Gasteiger partial charge in [0.25, 0.3) is 0 Å². The van der Waals surface area contributed by atoms with Crippen molar-refractivity contribution in [3.05, 3.63) is 11.6 Å². The second-order valence-electron chi connectivity index (χ2n) is 7.34. The first-order valence-electron chi connectivity index (χ1n) is 8.98. The summed E-state index contributed by atoms with van der Waals surface area (Å²) in [5.41, 5.74) is -0.783. The number of ether oxygens (including phenoxy) is 1. The van der Waals surface area contributed by atoms with Gasteiger partial charge in [0.2, 0.25) is 11.8 Å². The lowest BCUT2D eigenvalue weighted by atomic mass is 9.76. The van der Waals surface area contributed by atoms with Crippen LogP contribution in [-0.4, -0.2) is 57.1 Å². The normalized spacial score (nSPS) is 30.1. The van der Waals surface area contributed by atoms with E-state index in [0.29, 0.717) is 44.3 Å². The number of nitrogens with one attached hydrogen (secondary N) is 2. The number of rotatable bonds is 3. The molecule has 1 atom stereocenters. The van der Waals surface area contributed by atoms with E-state index in [9.17, 15) is 9.59 Å². The Labute approximate surface area is 147 Å². The number of carbonyl (C=O) groups is 2. The number of aromatic amines is 1. The van der Waals surface area contributed by atoms with Crippen LogP contribution in [0.5, 0.6) is 0 Å². The van der Waals surface area contributed by atoms with Crippen LogP contribution in [0.25, 0.3) is 0 Å². The van der Waals surface area contributed by atoms with Crippen LogP contribution in [0.15, 0.2) is 0 Å². The Hall–Kier alpha value is -1.96. The van der Waals surface area contributed by atoms with Gasteiger partial charge in [-0.2, -0.15) is 5.10 Å². The van der Waals surface area contributed by atoms with Gasteiger partial charge in [-0.15, -0.1) is 0 Å². The Bertz CT molecular complexity index is 636. The minimum Gasteiger partial charge on any atom is -0.366 e. The summed E-state index contributed by atoms with van der Waals surface area (Å²) in [6.07, 6.45) is 2.93. The number of amides is 2. The van der Waals surface area contributed by atoms with Crippen LogP contribution in [0.4, 0.5) is 0 Å². The first-order chi connectivity index (χ1) is 11.9. The summed E-state index contributed by atoms with van der Waals surface area (Å²) < 4.78 is 5.75. The van der Waals surface area contributed by atoms with E-state index in [-0.39, 0.29) is 17.9 Å². The molecule has 1 aromatic rings. The van der Waals surface area contributed by atoms with Crippen LogP contribution in [0.1, 0.15) is 57.3 Å². The molecule has 8 heteroatoms. The Morgan fingerprint density at radius 2 is 2.08 bits per heavy atom. The molecular weight excluding hydrogens is 322 g/mol. The molecule has 0 aromatic carbocycles. The molecule has 0 spiro atoms. The molecule has 2 heterocycles. The molecule has 1 aliphatic carbocycles. The number of carbonyl (C=O) groups excluding carboxylic acids is 2. The maximum Gasteiger partial charge on any atom is 0.248 e. The lowest BCUT2D eigenvalue weighted by Gasteiger charge is -2.43. The first-order valence-corrected chi connectivity index (χ1v) is 8.98. The Kier molecular flexibility index (Phi) is 5.08. The predicted octanol–water partition coefficient (Wildman–Crippen LogP) is 1.10. The van der Waals surface area contributed by atoms with Crippen molar-refractivity contribution in [1.82, 2.24) is 25.4 Å². The monoisotopic (exact) mass is 349 g/mol. The zero-order chi connectivity index (χ0) is 18.0. The van der Waals surface area contributed by atoms with Crippen LogP contribution in [0, 0.1) is 12.8 Å². The highest BCUT2D eigenvalue weighted by Crippen LogP contribution is 2.34. The fourth-order valence-electron chi connectivity index (χ4n) is 3.78. The van der Waals surface area contributed by atoms with E-state index in [2.05, 4.69) is 27.4 Å². The van der Waals surface area contributed by atoms with E-state index in [4.69, 9.17) is 4.74 Å². The third-order valence-corrected chi connectivity index (χ3v) is 5.21. The SMILES string of the molecule is CC(=O)NC1(C(=O)N2CCOC(c3n[nH]c(C)n3)C2)CCC(C)CC1. The van der Waals surface area contributed by atoms with Crippen LogP contribution in [-0.2, 0) is 14.3 Å². The zero-order valence-electron chi connectivity index (χ0n) is 15.2. The number of nitrogens with zero attached hydrogens (tertiary/aromatic N) is 3. The molecule has 138 valence electrons. The van der Waals surface area contributed by atoms with E-state index < -0.39 is 5.54 Å². The van der Waals surface area contributed by atoms with Gasteiger partial charge in [-0.25, -0.2) is 4.98 Å². The standard InChI is InChI=1S/C17H27N5O3/c1-11-4-6-17(7-5-11,19-13(3)23)16(24)22-8-9-25-14(10-22)15-18-12(2)20-21-15/h11,14H,4-10H2,1-3H3,(H,19,23)(H,18,20,21). The van der Waals surface area contributed by atoms with Crippen LogP contribution < -0.4 is 5.32 Å². The molecule has 2 aliphatic rings. The van der Waals surface area contributed by atoms with Crippen molar-refractivity contribution in [2.45, 2.75) is 58.1 Å². The fourth-order valence-corrected chi connectivity index (χ4v) is 3.78. The van der Waals surface area contributed by atoms with Gasteiger partial charge in [-0.05, 0) is 38.5 Å². The van der Waals surface area contributed by atoms with Gasteiger partial charge < -0.3 is 15.0 Å². The fraction of sp³-hybridized carbons (Fsp3) is 0.765. The Morgan fingerprint density at radius 1 is 1.36 bits per heavy atom. The summed E-state index contributed by atoms with van der Waals surface area (Å²) in [6, 6.07) is 0. The minimum atomic E-state index is -0.783. The van der Waals surface area contributed by atoms with E-state index in [1.807, 2.05) is 6.92 Å². The van der Waals surface area contributed by atoms with Gasteiger partial charge in [0.15, 0.2) is 5.82 Å². The van der Waals surface area contributed by atoms with Crippen molar-refractivity contribution in [2.24, 2.45) is 5.92 Å². The molecule has 1 saturated carbocycles.